The minimum absolute atomic E-state index is 0.102. The number of hydrogen-bond donors (Lipinski definition) is 2. The van der Waals surface area contributed by atoms with E-state index in [0.29, 0.717) is 43.2 Å². The van der Waals surface area contributed by atoms with Crippen molar-refractivity contribution in [1.29, 1.82) is 0 Å². The first-order valence-corrected chi connectivity index (χ1v) is 15.6. The van der Waals surface area contributed by atoms with Crippen LogP contribution in [0.2, 0.25) is 0 Å². The lowest BCUT2D eigenvalue weighted by molar-refractivity contribution is -0.439. The minimum Gasteiger partial charge on any atom is -0.469 e. The summed E-state index contributed by atoms with van der Waals surface area (Å²) in [5, 5.41) is 0.497. The Balaban J connectivity index is 0.000000547. The van der Waals surface area contributed by atoms with Gasteiger partial charge in [-0.3, -0.25) is 23.5 Å². The van der Waals surface area contributed by atoms with E-state index in [1.165, 1.54) is 19.2 Å². The number of ketones is 2. The molecule has 13 heteroatoms. The topological polar surface area (TPSA) is 172 Å². The second-order valence-electron chi connectivity index (χ2n) is 10.4. The van der Waals surface area contributed by atoms with Gasteiger partial charge < -0.3 is 4.74 Å². The minimum atomic E-state index is -4.76. The third-order valence-corrected chi connectivity index (χ3v) is 9.14. The number of esters is 1. The van der Waals surface area contributed by atoms with Gasteiger partial charge in [0.2, 0.25) is 5.69 Å². The summed E-state index contributed by atoms with van der Waals surface area (Å²) < 4.78 is 73.8. The quantitative estimate of drug-likeness (QED) is 0.150. The molecular formula is C27H34NO10S2+. The number of carbonyl (C=O) groups is 3. The average molecular weight is 597 g/mol. The van der Waals surface area contributed by atoms with E-state index in [2.05, 4.69) is 9.31 Å². The Morgan fingerprint density at radius 1 is 0.950 bits per heavy atom. The molecule has 1 heterocycles. The maximum absolute atomic E-state index is 12.0. The Bertz CT molecular complexity index is 1610. The van der Waals surface area contributed by atoms with E-state index in [4.69, 9.17) is 0 Å². The first-order chi connectivity index (χ1) is 18.5. The largest absolute Gasteiger partial charge is 0.469 e. The molecule has 0 atom stereocenters. The van der Waals surface area contributed by atoms with Crippen LogP contribution in [0.25, 0.3) is 10.8 Å². The van der Waals surface area contributed by atoms with Gasteiger partial charge in [0.15, 0.2) is 5.71 Å². The highest BCUT2D eigenvalue weighted by Gasteiger charge is 2.44. The lowest BCUT2D eigenvalue weighted by Crippen LogP contribution is -2.27. The average Bonchev–Trinajstić information content (AvgIpc) is 3.33. The number of nitrogens with zero attached hydrogens (tertiary/aromatic N) is 1. The van der Waals surface area contributed by atoms with Crippen LogP contribution in [0.5, 0.6) is 0 Å². The Labute approximate surface area is 233 Å². The monoisotopic (exact) mass is 596 g/mol. The normalized spacial score (nSPS) is 16.6. The summed E-state index contributed by atoms with van der Waals surface area (Å²) >= 11 is 0. The molecule has 0 spiro atoms. The molecule has 1 saturated carbocycles. The number of rotatable bonds is 8. The zero-order valence-electron chi connectivity index (χ0n) is 22.9. The molecule has 2 aromatic carbocycles. The summed E-state index contributed by atoms with van der Waals surface area (Å²) in [5.74, 6) is -0.0452. The highest BCUT2D eigenvalue weighted by Crippen LogP contribution is 2.45. The van der Waals surface area contributed by atoms with Crippen LogP contribution >= 0.6 is 0 Å². The molecule has 0 amide bonds. The molecule has 40 heavy (non-hydrogen) atoms. The number of methoxy groups -OCH3 is 1. The van der Waals surface area contributed by atoms with Crippen molar-refractivity contribution in [1.82, 2.24) is 0 Å². The van der Waals surface area contributed by atoms with Gasteiger partial charge >= 0.3 is 5.97 Å². The summed E-state index contributed by atoms with van der Waals surface area (Å²) in [7, 11) is -8.12. The van der Waals surface area contributed by atoms with Crippen LogP contribution in [0.4, 0.5) is 5.69 Å². The Morgan fingerprint density at radius 2 is 1.57 bits per heavy atom. The van der Waals surface area contributed by atoms with Gasteiger partial charge in [0.25, 0.3) is 20.2 Å². The predicted octanol–water partition coefficient (Wildman–Crippen LogP) is 3.77. The SMILES string of the molecule is COC(=O)CCCCC[N+]1=C(C)C(C)(C)c2c1ccc1c(S(=O)(=O)O)cc(S(=O)(=O)O)cc21.O=C1CCC(=O)C1. The molecular weight excluding hydrogens is 562 g/mol. The van der Waals surface area contributed by atoms with Crippen molar-refractivity contribution in [3.63, 3.8) is 0 Å². The molecule has 2 aliphatic rings. The molecule has 0 saturated heterocycles. The highest BCUT2D eigenvalue weighted by molar-refractivity contribution is 7.86. The van der Waals surface area contributed by atoms with Crippen molar-refractivity contribution in [2.75, 3.05) is 13.7 Å². The lowest BCUT2D eigenvalue weighted by atomic mass is 9.80. The number of ether oxygens (including phenoxy) is 1. The number of hydrogen-bond acceptors (Lipinski definition) is 8. The molecule has 1 aliphatic heterocycles. The van der Waals surface area contributed by atoms with Crippen molar-refractivity contribution in [3.8, 4) is 0 Å². The number of benzene rings is 2. The van der Waals surface area contributed by atoms with Gasteiger partial charge in [0, 0.05) is 49.6 Å². The van der Waals surface area contributed by atoms with E-state index in [-0.39, 0.29) is 29.3 Å². The van der Waals surface area contributed by atoms with Crippen LogP contribution in [0, 0.1) is 0 Å². The van der Waals surface area contributed by atoms with Crippen molar-refractivity contribution in [2.24, 2.45) is 0 Å². The van der Waals surface area contributed by atoms with E-state index in [1.807, 2.05) is 20.8 Å². The van der Waals surface area contributed by atoms with Gasteiger partial charge in [-0.2, -0.15) is 21.4 Å². The van der Waals surface area contributed by atoms with Gasteiger partial charge in [-0.05, 0) is 50.3 Å². The van der Waals surface area contributed by atoms with Crippen LogP contribution < -0.4 is 0 Å². The number of Topliss-reactive ketones (excluding diaryl/α,β-unsaturated/α-hetero) is 2. The maximum Gasteiger partial charge on any atom is 0.305 e. The molecule has 4 rings (SSSR count). The molecule has 0 unspecified atom stereocenters. The molecule has 1 fully saturated rings. The third kappa shape index (κ3) is 6.82. The molecule has 11 nitrogen and oxygen atoms in total. The first-order valence-electron chi connectivity index (χ1n) is 12.8. The van der Waals surface area contributed by atoms with E-state index in [1.54, 1.807) is 6.07 Å². The third-order valence-electron chi connectivity index (χ3n) is 7.42. The summed E-state index contributed by atoms with van der Waals surface area (Å²) in [4.78, 5) is 30.6. The van der Waals surface area contributed by atoms with Crippen LogP contribution in [0.15, 0.2) is 34.1 Å². The lowest BCUT2D eigenvalue weighted by Gasteiger charge is -2.18. The number of carbonyl (C=O) groups excluding carboxylic acids is 3. The van der Waals surface area contributed by atoms with E-state index >= 15 is 0 Å². The zero-order chi connectivity index (χ0) is 30.0. The molecule has 0 radical (unpaired) electrons. The summed E-state index contributed by atoms with van der Waals surface area (Å²) in [6, 6.07) is 5.29. The number of fused-ring (bicyclic) bond motifs is 3. The molecule has 1 aliphatic carbocycles. The molecule has 0 bridgehead atoms. The Morgan fingerprint density at radius 3 is 2.08 bits per heavy atom. The van der Waals surface area contributed by atoms with E-state index < -0.39 is 35.4 Å². The fourth-order valence-electron chi connectivity index (χ4n) is 5.09. The second kappa shape index (κ2) is 11.9. The van der Waals surface area contributed by atoms with Gasteiger partial charge in [-0.1, -0.05) is 0 Å². The first kappa shape index (κ1) is 31.5. The van der Waals surface area contributed by atoms with Crippen molar-refractivity contribution in [2.45, 2.75) is 80.9 Å². The van der Waals surface area contributed by atoms with Gasteiger partial charge in [0.05, 0.1) is 23.8 Å². The van der Waals surface area contributed by atoms with Gasteiger partial charge in [-0.25, -0.2) is 0 Å². The summed E-state index contributed by atoms with van der Waals surface area (Å²) in [6.07, 6.45) is 3.81. The fraction of sp³-hybridized carbons (Fsp3) is 0.481. The van der Waals surface area contributed by atoms with Gasteiger partial charge in [-0.15, -0.1) is 0 Å². The van der Waals surface area contributed by atoms with Crippen LogP contribution in [-0.2, 0) is 44.8 Å². The second-order valence-corrected chi connectivity index (χ2v) is 13.2. The molecule has 0 aromatic heterocycles. The highest BCUT2D eigenvalue weighted by atomic mass is 32.2. The summed E-state index contributed by atoms with van der Waals surface area (Å²) in [5.41, 5.74) is 1.92. The number of unbranched alkanes of at least 4 members (excludes halogenated alkanes) is 2. The standard InChI is InChI=1S/C22H27NO8S2.C5H6O2/c1-14-22(2,3)21-17-12-15(32(25,26)27)13-19(33(28,29)30)16(17)9-10-18(21)23(14)11-7-5-6-8-20(24)31-4;6-4-1-2-5(7)3-4/h9-10,12-13H,5-8,11H2,1-4H3,(H-,25,26,27,28,29,30);1-3H2/p+1. The van der Waals surface area contributed by atoms with Gasteiger partial charge in [0.1, 0.15) is 23.0 Å². The van der Waals surface area contributed by atoms with Crippen LogP contribution in [0.1, 0.15) is 71.3 Å². The smallest absolute Gasteiger partial charge is 0.305 e. The maximum atomic E-state index is 12.0. The fourth-order valence-corrected chi connectivity index (χ4v) is 6.43. The van der Waals surface area contributed by atoms with E-state index in [9.17, 15) is 40.3 Å². The van der Waals surface area contributed by atoms with Crippen molar-refractivity contribution < 1.29 is 49.6 Å². The predicted molar refractivity (Wildman–Crippen MR) is 146 cm³/mol. The Kier molecular flexibility index (Phi) is 9.34. The van der Waals surface area contributed by atoms with E-state index in [0.717, 1.165) is 30.3 Å². The molecule has 2 N–H and O–H groups in total. The molecule has 218 valence electrons. The van der Waals surface area contributed by atoms with Crippen LogP contribution in [-0.4, -0.2) is 67.4 Å². The van der Waals surface area contributed by atoms with Crippen molar-refractivity contribution >= 4 is 59.9 Å². The Hall–Kier alpha value is -3.00. The van der Waals surface area contributed by atoms with Crippen molar-refractivity contribution in [3.05, 3.63) is 29.8 Å². The summed E-state index contributed by atoms with van der Waals surface area (Å²) in [6.45, 7) is 6.50. The van der Waals surface area contributed by atoms with Crippen LogP contribution in [0.3, 0.4) is 0 Å². The zero-order valence-corrected chi connectivity index (χ0v) is 24.5. The molecule has 2 aromatic rings.